The van der Waals surface area contributed by atoms with Gasteiger partial charge in [-0.3, -0.25) is 9.59 Å². The molecule has 0 aromatic heterocycles. The number of primary amides is 1. The minimum absolute atomic E-state index is 0.0616. The Bertz CT molecular complexity index is 1030. The average molecular weight is 410 g/mol. The molecular weight excluding hydrogens is 390 g/mol. The van der Waals surface area contributed by atoms with Crippen molar-refractivity contribution in [3.63, 3.8) is 0 Å². The third-order valence-electron chi connectivity index (χ3n) is 4.13. The van der Waals surface area contributed by atoms with E-state index in [1.165, 1.54) is 38.4 Å². The van der Waals surface area contributed by atoms with Gasteiger partial charge in [-0.25, -0.2) is 12.7 Å². The molecule has 2 aromatic rings. The van der Waals surface area contributed by atoms with E-state index < -0.39 is 21.8 Å². The minimum atomic E-state index is -3.71. The second-order valence-corrected chi connectivity index (χ2v) is 8.74. The molecule has 144 valence electrons. The van der Waals surface area contributed by atoms with Crippen molar-refractivity contribution in [1.82, 2.24) is 4.31 Å². The summed E-state index contributed by atoms with van der Waals surface area (Å²) in [4.78, 5) is 24.1. The first-order valence-corrected chi connectivity index (χ1v) is 9.71. The fraction of sp³-hybridized carbons (Fsp3) is 0.222. The Labute approximate surface area is 163 Å². The van der Waals surface area contributed by atoms with Gasteiger partial charge in [0.2, 0.25) is 15.9 Å². The van der Waals surface area contributed by atoms with Crippen molar-refractivity contribution in [2.24, 2.45) is 5.73 Å². The normalized spacial score (nSPS) is 11.5. The molecule has 0 aliphatic carbocycles. The topological polar surface area (TPSA) is 110 Å². The number of anilines is 1. The Morgan fingerprint density at radius 2 is 1.74 bits per heavy atom. The van der Waals surface area contributed by atoms with Gasteiger partial charge in [-0.05, 0) is 55.3 Å². The number of halogens is 1. The van der Waals surface area contributed by atoms with Crippen LogP contribution in [0.15, 0.2) is 35.2 Å². The molecule has 0 aliphatic rings. The van der Waals surface area contributed by atoms with Gasteiger partial charge in [0.15, 0.2) is 0 Å². The van der Waals surface area contributed by atoms with Crippen LogP contribution in [0.4, 0.5) is 5.69 Å². The molecular formula is C18H20ClN3O4S. The van der Waals surface area contributed by atoms with E-state index in [1.807, 2.05) is 0 Å². The number of sulfonamides is 1. The van der Waals surface area contributed by atoms with Crippen LogP contribution in [-0.4, -0.2) is 38.6 Å². The van der Waals surface area contributed by atoms with Gasteiger partial charge in [0.05, 0.1) is 15.5 Å². The van der Waals surface area contributed by atoms with Crippen LogP contribution in [0.5, 0.6) is 0 Å². The lowest BCUT2D eigenvalue weighted by molar-refractivity contribution is 0.0996. The summed E-state index contributed by atoms with van der Waals surface area (Å²) in [7, 11) is -0.855. The van der Waals surface area contributed by atoms with Crippen LogP contribution in [0.25, 0.3) is 0 Å². The number of nitrogens with one attached hydrogen (secondary N) is 1. The van der Waals surface area contributed by atoms with Gasteiger partial charge in [-0.1, -0.05) is 11.6 Å². The molecule has 27 heavy (non-hydrogen) atoms. The summed E-state index contributed by atoms with van der Waals surface area (Å²) in [6.07, 6.45) is 0. The van der Waals surface area contributed by atoms with E-state index in [0.29, 0.717) is 16.8 Å². The van der Waals surface area contributed by atoms with Crippen LogP contribution >= 0.6 is 11.6 Å². The Kier molecular flexibility index (Phi) is 5.94. The van der Waals surface area contributed by atoms with Crippen molar-refractivity contribution < 1.29 is 18.0 Å². The molecule has 0 aliphatic heterocycles. The third kappa shape index (κ3) is 4.29. The smallest absolute Gasteiger partial charge is 0.255 e. The number of amides is 2. The predicted octanol–water partition coefficient (Wildman–Crippen LogP) is 2.56. The highest BCUT2D eigenvalue weighted by Gasteiger charge is 2.23. The summed E-state index contributed by atoms with van der Waals surface area (Å²) in [6.45, 7) is 3.42. The van der Waals surface area contributed by atoms with Crippen molar-refractivity contribution in [3.05, 3.63) is 57.6 Å². The van der Waals surface area contributed by atoms with Crippen molar-refractivity contribution in [2.45, 2.75) is 18.7 Å². The molecule has 2 aromatic carbocycles. The number of hydrogen-bond acceptors (Lipinski definition) is 4. The molecule has 2 amide bonds. The Morgan fingerprint density at radius 3 is 2.30 bits per heavy atom. The van der Waals surface area contributed by atoms with E-state index in [0.717, 1.165) is 4.31 Å². The Hall–Kier alpha value is -2.42. The lowest BCUT2D eigenvalue weighted by Crippen LogP contribution is -2.24. The fourth-order valence-corrected chi connectivity index (χ4v) is 3.85. The molecule has 3 N–H and O–H groups in total. The monoisotopic (exact) mass is 409 g/mol. The minimum Gasteiger partial charge on any atom is -0.366 e. The first-order valence-electron chi connectivity index (χ1n) is 7.89. The maximum Gasteiger partial charge on any atom is 0.255 e. The van der Waals surface area contributed by atoms with Crippen LogP contribution in [0.1, 0.15) is 31.8 Å². The summed E-state index contributed by atoms with van der Waals surface area (Å²) in [6, 6.07) is 7.26. The van der Waals surface area contributed by atoms with E-state index in [2.05, 4.69) is 5.32 Å². The molecule has 0 saturated heterocycles. The van der Waals surface area contributed by atoms with Gasteiger partial charge in [0.1, 0.15) is 0 Å². The van der Waals surface area contributed by atoms with Crippen molar-refractivity contribution in [1.29, 1.82) is 0 Å². The molecule has 9 heteroatoms. The Balaban J connectivity index is 2.45. The number of carbonyl (C=O) groups excluding carboxylic acids is 2. The average Bonchev–Trinajstić information content (AvgIpc) is 2.58. The van der Waals surface area contributed by atoms with Gasteiger partial charge in [0, 0.05) is 25.3 Å². The lowest BCUT2D eigenvalue weighted by atomic mass is 10.1. The second-order valence-electron chi connectivity index (χ2n) is 6.22. The third-order valence-corrected chi connectivity index (χ3v) is 6.40. The molecule has 7 nitrogen and oxygen atoms in total. The van der Waals surface area contributed by atoms with Crippen molar-refractivity contribution in [3.8, 4) is 0 Å². The van der Waals surface area contributed by atoms with Gasteiger partial charge in [-0.2, -0.15) is 0 Å². The largest absolute Gasteiger partial charge is 0.366 e. The number of nitrogens with zero attached hydrogens (tertiary/aromatic N) is 1. The first-order chi connectivity index (χ1) is 12.4. The predicted molar refractivity (Wildman–Crippen MR) is 105 cm³/mol. The molecule has 0 saturated carbocycles. The zero-order chi connectivity index (χ0) is 20.5. The van der Waals surface area contributed by atoms with E-state index >= 15 is 0 Å². The number of aryl methyl sites for hydroxylation is 1. The lowest BCUT2D eigenvalue weighted by Gasteiger charge is -2.16. The summed E-state index contributed by atoms with van der Waals surface area (Å²) < 4.78 is 26.1. The van der Waals surface area contributed by atoms with Crippen LogP contribution in [0, 0.1) is 13.8 Å². The van der Waals surface area contributed by atoms with Crippen LogP contribution in [-0.2, 0) is 10.0 Å². The zero-order valence-corrected chi connectivity index (χ0v) is 16.9. The molecule has 0 bridgehead atoms. The molecule has 0 fully saturated rings. The SMILES string of the molecule is Cc1cc(C(=O)Nc2ccc(Cl)c(C(N)=O)c2)cc(S(=O)(=O)N(C)C)c1C. The maximum atomic E-state index is 12.6. The maximum absolute atomic E-state index is 12.6. The number of rotatable bonds is 5. The van der Waals surface area contributed by atoms with E-state index in [4.69, 9.17) is 17.3 Å². The number of hydrogen-bond donors (Lipinski definition) is 2. The molecule has 0 atom stereocenters. The number of benzene rings is 2. The number of carbonyl (C=O) groups is 2. The van der Waals surface area contributed by atoms with Crippen molar-refractivity contribution >= 4 is 39.1 Å². The van der Waals surface area contributed by atoms with E-state index in [9.17, 15) is 18.0 Å². The Morgan fingerprint density at radius 1 is 1.11 bits per heavy atom. The highest BCUT2D eigenvalue weighted by Crippen LogP contribution is 2.25. The van der Waals surface area contributed by atoms with Crippen LogP contribution < -0.4 is 11.1 Å². The van der Waals surface area contributed by atoms with Crippen LogP contribution in [0.2, 0.25) is 5.02 Å². The molecule has 0 radical (unpaired) electrons. The van der Waals surface area contributed by atoms with Gasteiger partial charge in [0.25, 0.3) is 5.91 Å². The van der Waals surface area contributed by atoms with E-state index in [1.54, 1.807) is 19.9 Å². The summed E-state index contributed by atoms with van der Waals surface area (Å²) >= 11 is 5.90. The van der Waals surface area contributed by atoms with Crippen LogP contribution in [0.3, 0.4) is 0 Å². The zero-order valence-electron chi connectivity index (χ0n) is 15.3. The molecule has 2 rings (SSSR count). The van der Waals surface area contributed by atoms with Gasteiger partial charge >= 0.3 is 0 Å². The highest BCUT2D eigenvalue weighted by atomic mass is 35.5. The summed E-state index contributed by atoms with van der Waals surface area (Å²) in [5, 5.41) is 2.79. The van der Waals surface area contributed by atoms with Gasteiger partial charge in [-0.15, -0.1) is 0 Å². The highest BCUT2D eigenvalue weighted by molar-refractivity contribution is 7.89. The molecule has 0 spiro atoms. The second kappa shape index (κ2) is 7.67. The van der Waals surface area contributed by atoms with Gasteiger partial charge < -0.3 is 11.1 Å². The fourth-order valence-electron chi connectivity index (χ4n) is 2.42. The summed E-state index contributed by atoms with van der Waals surface area (Å²) in [5.74, 6) is -1.24. The molecule has 0 heterocycles. The molecule has 0 unspecified atom stereocenters. The quantitative estimate of drug-likeness (QED) is 0.790. The van der Waals surface area contributed by atoms with E-state index in [-0.39, 0.29) is 21.0 Å². The first kappa shape index (κ1) is 20.9. The van der Waals surface area contributed by atoms with Crippen molar-refractivity contribution in [2.75, 3.05) is 19.4 Å². The standard InChI is InChI=1S/C18H20ClN3O4S/c1-10-7-12(8-16(11(10)2)27(25,26)22(3)4)18(24)21-13-5-6-15(19)14(9-13)17(20)23/h5-9H,1-4H3,(H2,20,23)(H,21,24). The number of nitrogens with two attached hydrogens (primary N) is 1. The summed E-state index contributed by atoms with van der Waals surface area (Å²) in [5.41, 5.74) is 7.05.